The molecule has 2 heteroatoms. The third kappa shape index (κ3) is 1.50. The lowest BCUT2D eigenvalue weighted by Gasteiger charge is -1.41. The lowest BCUT2D eigenvalue weighted by molar-refractivity contribution is 0.476. The first-order valence-electron chi connectivity index (χ1n) is 0.666. The van der Waals surface area contributed by atoms with Crippen LogP contribution < -0.4 is 0 Å². The summed E-state index contributed by atoms with van der Waals surface area (Å²) in [6.07, 6.45) is 0.750. The van der Waals surface area contributed by atoms with Crippen molar-refractivity contribution in [3.63, 3.8) is 0 Å². The Morgan fingerprint density at radius 1 is 1.75 bits per heavy atom. The van der Waals surface area contributed by atoms with E-state index in [4.69, 9.17) is 5.11 Å². The van der Waals surface area contributed by atoms with Crippen LogP contribution in [0.3, 0.4) is 0 Å². The topological polar surface area (TPSA) is 48.7 Å². The molecule has 2 nitrogen and oxygen atoms in total. The minimum absolute atomic E-state index is 0. The molecule has 0 unspecified atom stereocenters. The Labute approximate surface area is 24.7 Å². The van der Waals surface area contributed by atoms with Crippen LogP contribution in [0.1, 0.15) is 0 Å². The maximum absolute atomic E-state index is 7.33. The molecule has 0 spiro atoms. The van der Waals surface area contributed by atoms with Crippen LogP contribution in [0.25, 0.3) is 0 Å². The second kappa shape index (κ2) is 22.5. The average Bonchev–Trinajstić information content (AvgIpc) is 0.918. The minimum Gasteiger partial charge on any atom is -0.516 e. The van der Waals surface area contributed by atoms with Gasteiger partial charge in [0.25, 0.3) is 0 Å². The highest BCUT2D eigenvalue weighted by molar-refractivity contribution is 4.38. The molecule has 0 amide bonds. The summed E-state index contributed by atoms with van der Waals surface area (Å²) in [5, 5.41) is 7.33. The highest BCUT2D eigenvalue weighted by Crippen LogP contribution is 1.26. The van der Waals surface area contributed by atoms with Gasteiger partial charge in [-0.05, 0) is 0 Å². The summed E-state index contributed by atoms with van der Waals surface area (Å²) >= 11 is 0. The second-order valence-corrected chi connectivity index (χ2v) is 0.183. The third-order valence-electron chi connectivity index (χ3n) is 0. The molecule has 0 aromatic heterocycles. The molecule has 0 saturated carbocycles. The lowest BCUT2D eigenvalue weighted by atomic mass is 11.2. The summed E-state index contributed by atoms with van der Waals surface area (Å²) in [4.78, 5) is 0. The maximum Gasteiger partial charge on any atom is 0.0719 e. The van der Waals surface area contributed by atoms with Gasteiger partial charge in [0.2, 0.25) is 0 Å². The van der Waals surface area contributed by atoms with Crippen LogP contribution in [0.2, 0.25) is 0 Å². The van der Waals surface area contributed by atoms with Crippen LogP contribution in [0.15, 0.2) is 12.8 Å². The van der Waals surface area contributed by atoms with Gasteiger partial charge in [-0.25, -0.2) is 0 Å². The van der Waals surface area contributed by atoms with Gasteiger partial charge in [0.05, 0.1) is 6.26 Å². The highest BCUT2D eigenvalue weighted by atomic mass is 16.2. The molecule has 0 aliphatic rings. The molecule has 0 aromatic rings. The zero-order valence-corrected chi connectivity index (χ0v) is 2.14. The molecular weight excluding hydrogens is 56.0 g/mol. The van der Waals surface area contributed by atoms with E-state index in [1.165, 1.54) is 0 Å². The second-order valence-electron chi connectivity index (χ2n) is 0.183. The van der Waals surface area contributed by atoms with Crippen LogP contribution in [0, 0.1) is 0 Å². The van der Waals surface area contributed by atoms with Gasteiger partial charge in [0.15, 0.2) is 0 Å². The monoisotopic (exact) mass is 60.0 g/mol. The molecule has 4 heavy (non-hydrogen) atoms. The quantitative estimate of drug-likeness (QED) is 0.408. The minimum atomic E-state index is 0. The van der Waals surface area contributed by atoms with Crippen molar-refractivity contribution < 1.29 is 10.6 Å². The van der Waals surface area contributed by atoms with Crippen molar-refractivity contribution in [1.29, 1.82) is 0 Å². The van der Waals surface area contributed by atoms with E-state index in [1.807, 2.05) is 0 Å². The van der Waals surface area contributed by atoms with Gasteiger partial charge < -0.3 is 5.11 Å². The van der Waals surface area contributed by atoms with Crippen molar-refractivity contribution in [1.82, 2.24) is 0 Å². The van der Waals surface area contributed by atoms with Crippen LogP contribution in [-0.2, 0) is 5.48 Å². The zero-order chi connectivity index (χ0) is 2.71. The smallest absolute Gasteiger partial charge is 0.0719 e. The summed E-state index contributed by atoms with van der Waals surface area (Å²) in [5.74, 6) is 0. The molecular formula is C2H4O2. The summed E-state index contributed by atoms with van der Waals surface area (Å²) < 4.78 is 0. The predicted molar refractivity (Wildman–Crippen MR) is 13.5 cm³/mol. The van der Waals surface area contributed by atoms with Crippen LogP contribution in [0.5, 0.6) is 0 Å². The van der Waals surface area contributed by atoms with Crippen molar-refractivity contribution >= 4 is 0 Å². The van der Waals surface area contributed by atoms with E-state index in [0.29, 0.717) is 0 Å². The van der Waals surface area contributed by atoms with Gasteiger partial charge in [0, 0.05) is 5.48 Å². The van der Waals surface area contributed by atoms with E-state index in [9.17, 15) is 0 Å². The van der Waals surface area contributed by atoms with Gasteiger partial charge in [-0.3, -0.25) is 0 Å². The number of hydrogen-bond acceptors (Lipinski definition) is 1. The summed E-state index contributed by atoms with van der Waals surface area (Å²) in [5.41, 5.74) is 0. The molecule has 0 bridgehead atoms. The molecule has 0 heterocycles. The van der Waals surface area contributed by atoms with Gasteiger partial charge in [0.1, 0.15) is 0 Å². The fourth-order valence-corrected chi connectivity index (χ4v) is 0. The Bertz CT molecular complexity index is 11.5. The third-order valence-corrected chi connectivity index (χ3v) is 0. The van der Waals surface area contributed by atoms with E-state index in [2.05, 4.69) is 6.58 Å². The van der Waals surface area contributed by atoms with E-state index in [-0.39, 0.29) is 5.48 Å². The van der Waals surface area contributed by atoms with Crippen LogP contribution >= 0.6 is 0 Å². The first kappa shape index (κ1) is 9.72. The largest absolute Gasteiger partial charge is 0.516 e. The Hall–Kier alpha value is -0.500. The standard InChI is InChI=1S/C2H4O.O/c1-2-3;/h2-3H,1H2;. The number of hydrogen-bond donors (Lipinski definition) is 1. The van der Waals surface area contributed by atoms with Gasteiger partial charge in [-0.15, -0.1) is 0 Å². The molecule has 0 aliphatic heterocycles. The van der Waals surface area contributed by atoms with Crippen LogP contribution in [0.4, 0.5) is 0 Å². The molecule has 0 aromatic carbocycles. The Kier molecular flexibility index (Phi) is 54.7. The molecule has 0 fully saturated rings. The first-order chi connectivity index (χ1) is 1.41. The Morgan fingerprint density at radius 3 is 1.75 bits per heavy atom. The molecule has 0 aliphatic carbocycles. The molecule has 2 radical (unpaired) electrons. The lowest BCUT2D eigenvalue weighted by Crippen LogP contribution is -1.25. The Balaban J connectivity index is 0. The molecule has 0 rings (SSSR count). The number of aliphatic hydroxyl groups is 1. The van der Waals surface area contributed by atoms with Gasteiger partial charge in [-0.2, -0.15) is 0 Å². The maximum atomic E-state index is 7.33. The number of rotatable bonds is 0. The van der Waals surface area contributed by atoms with Gasteiger partial charge >= 0.3 is 0 Å². The van der Waals surface area contributed by atoms with Crippen molar-refractivity contribution in [3.05, 3.63) is 12.8 Å². The van der Waals surface area contributed by atoms with Gasteiger partial charge in [-0.1, -0.05) is 6.58 Å². The van der Waals surface area contributed by atoms with E-state index >= 15 is 0 Å². The fraction of sp³-hybridized carbons (Fsp3) is 0. The zero-order valence-electron chi connectivity index (χ0n) is 2.14. The normalized spacial score (nSPS) is 3.00. The molecule has 24 valence electrons. The van der Waals surface area contributed by atoms with E-state index in [1.54, 1.807) is 0 Å². The first-order valence-corrected chi connectivity index (χ1v) is 0.666. The average molecular weight is 60.1 g/mol. The summed E-state index contributed by atoms with van der Waals surface area (Å²) in [6.45, 7) is 2.92. The predicted octanol–water partition coefficient (Wildman–Crippen LogP) is 0.569. The Morgan fingerprint density at radius 2 is 1.75 bits per heavy atom. The van der Waals surface area contributed by atoms with Crippen molar-refractivity contribution in [2.45, 2.75) is 0 Å². The van der Waals surface area contributed by atoms with Crippen LogP contribution in [-0.4, -0.2) is 5.11 Å². The fourth-order valence-electron chi connectivity index (χ4n) is 0. The summed E-state index contributed by atoms with van der Waals surface area (Å²) in [7, 11) is 0. The highest BCUT2D eigenvalue weighted by Gasteiger charge is 1.11. The van der Waals surface area contributed by atoms with E-state index < -0.39 is 0 Å². The molecule has 1 N–H and O–H groups in total. The van der Waals surface area contributed by atoms with Crippen molar-refractivity contribution in [2.24, 2.45) is 0 Å². The summed E-state index contributed by atoms with van der Waals surface area (Å²) in [6, 6.07) is 0. The van der Waals surface area contributed by atoms with E-state index in [0.717, 1.165) is 6.26 Å². The SMILES string of the molecule is C=CO.[O]. The molecule has 0 atom stereocenters. The van der Waals surface area contributed by atoms with Crippen molar-refractivity contribution in [2.75, 3.05) is 0 Å². The van der Waals surface area contributed by atoms with Crippen molar-refractivity contribution in [3.8, 4) is 0 Å². The number of aliphatic hydroxyl groups excluding tert-OH is 1. The molecule has 0 saturated heterocycles.